The van der Waals surface area contributed by atoms with E-state index in [9.17, 15) is 4.79 Å². The highest BCUT2D eigenvalue weighted by Crippen LogP contribution is 2.08. The Bertz CT molecular complexity index is 174. The second kappa shape index (κ2) is 5.04. The summed E-state index contributed by atoms with van der Waals surface area (Å²) in [4.78, 5) is 12.5. The quantitative estimate of drug-likeness (QED) is 0.533. The largest absolute Gasteiger partial charge is 0.351 e. The van der Waals surface area contributed by atoms with Crippen LogP contribution in [0.4, 0.5) is 4.79 Å². The minimum absolute atomic E-state index is 0.320. The lowest BCUT2D eigenvalue weighted by Crippen LogP contribution is -2.50. The highest BCUT2D eigenvalue weighted by Gasteiger charge is 2.20. The van der Waals surface area contributed by atoms with Crippen molar-refractivity contribution in [1.29, 1.82) is 0 Å². The summed E-state index contributed by atoms with van der Waals surface area (Å²) in [6, 6.07) is 0.0454. The molecule has 0 bridgehead atoms. The van der Waals surface area contributed by atoms with E-state index in [-0.39, 0.29) is 6.03 Å². The summed E-state index contributed by atoms with van der Waals surface area (Å²) < 4.78 is 0. The summed E-state index contributed by atoms with van der Waals surface area (Å²) in [6.45, 7) is 2.94. The van der Waals surface area contributed by atoms with Gasteiger partial charge in [0.1, 0.15) is 0 Å². The molecule has 1 rings (SSSR count). The van der Waals surface area contributed by atoms with Gasteiger partial charge < -0.3 is 21.7 Å². The van der Waals surface area contributed by atoms with Gasteiger partial charge in [-0.2, -0.15) is 0 Å². The number of primary amides is 1. The van der Waals surface area contributed by atoms with E-state index in [4.69, 9.17) is 11.5 Å². The average Bonchev–Trinajstić information content (AvgIpc) is 2.15. The maximum atomic E-state index is 10.9. The molecule has 0 aliphatic carbocycles. The molecule has 0 aromatic heterocycles. The predicted molar refractivity (Wildman–Crippen MR) is 51.2 cm³/mol. The molecule has 1 aliphatic rings. The number of amides is 2. The van der Waals surface area contributed by atoms with Crippen molar-refractivity contribution in [2.45, 2.75) is 18.9 Å². The van der Waals surface area contributed by atoms with E-state index < -0.39 is 0 Å². The lowest BCUT2D eigenvalue weighted by atomic mass is 10.1. The van der Waals surface area contributed by atoms with Crippen LogP contribution in [0, 0.1) is 0 Å². The molecule has 13 heavy (non-hydrogen) atoms. The molecule has 76 valence electrons. The van der Waals surface area contributed by atoms with Gasteiger partial charge in [0.25, 0.3) is 0 Å². The molecule has 2 amide bonds. The fourth-order valence-electron chi connectivity index (χ4n) is 1.63. The van der Waals surface area contributed by atoms with E-state index in [2.05, 4.69) is 5.32 Å². The molecular formula is C8H18N4O. The molecule has 1 unspecified atom stereocenters. The van der Waals surface area contributed by atoms with E-state index in [1.54, 1.807) is 4.90 Å². The zero-order valence-electron chi connectivity index (χ0n) is 7.83. The second-order valence-electron chi connectivity index (χ2n) is 3.37. The Morgan fingerprint density at radius 2 is 2.38 bits per heavy atom. The van der Waals surface area contributed by atoms with Gasteiger partial charge in [-0.05, 0) is 12.8 Å². The molecule has 0 spiro atoms. The molecule has 0 aromatic rings. The van der Waals surface area contributed by atoms with Crippen LogP contribution < -0.4 is 16.8 Å². The smallest absolute Gasteiger partial charge is 0.314 e. The molecular weight excluding hydrogens is 168 g/mol. The fraction of sp³-hybridized carbons (Fsp3) is 0.875. The number of likely N-dealkylation sites (tertiary alicyclic amines) is 1. The lowest BCUT2D eigenvalue weighted by molar-refractivity contribution is 0.182. The Morgan fingerprint density at radius 3 is 3.00 bits per heavy atom. The van der Waals surface area contributed by atoms with Crippen LogP contribution in [0.2, 0.25) is 0 Å². The van der Waals surface area contributed by atoms with Crippen molar-refractivity contribution in [3.8, 4) is 0 Å². The van der Waals surface area contributed by atoms with E-state index >= 15 is 0 Å². The van der Waals surface area contributed by atoms with Gasteiger partial charge in [0.2, 0.25) is 0 Å². The van der Waals surface area contributed by atoms with Crippen LogP contribution in [-0.4, -0.2) is 43.2 Å². The van der Waals surface area contributed by atoms with Crippen molar-refractivity contribution in [2.75, 3.05) is 26.2 Å². The van der Waals surface area contributed by atoms with Gasteiger partial charge in [0.15, 0.2) is 0 Å². The number of urea groups is 1. The van der Waals surface area contributed by atoms with Crippen LogP contribution in [0.3, 0.4) is 0 Å². The number of nitrogens with two attached hydrogens (primary N) is 2. The van der Waals surface area contributed by atoms with Crippen LogP contribution in [0.5, 0.6) is 0 Å². The number of piperidine rings is 1. The lowest BCUT2D eigenvalue weighted by Gasteiger charge is -2.31. The maximum Gasteiger partial charge on any atom is 0.314 e. The second-order valence-corrected chi connectivity index (χ2v) is 3.37. The highest BCUT2D eigenvalue weighted by atomic mass is 16.2. The molecule has 1 atom stereocenters. The van der Waals surface area contributed by atoms with Gasteiger partial charge in [-0.25, -0.2) is 4.79 Å². The van der Waals surface area contributed by atoms with E-state index in [1.807, 2.05) is 0 Å². The van der Waals surface area contributed by atoms with Crippen LogP contribution >= 0.6 is 0 Å². The molecule has 5 heteroatoms. The first-order valence-corrected chi connectivity index (χ1v) is 4.72. The van der Waals surface area contributed by atoms with E-state index in [0.717, 1.165) is 32.5 Å². The number of hydrogen-bond donors (Lipinski definition) is 3. The summed E-state index contributed by atoms with van der Waals surface area (Å²) in [5.41, 5.74) is 10.6. The molecule has 1 saturated heterocycles. The predicted octanol–water partition coefficient (Wildman–Crippen LogP) is -0.922. The zero-order chi connectivity index (χ0) is 9.68. The number of nitrogens with zero attached hydrogens (tertiary/aromatic N) is 1. The minimum atomic E-state index is -0.320. The van der Waals surface area contributed by atoms with Gasteiger partial charge in [-0.15, -0.1) is 0 Å². The van der Waals surface area contributed by atoms with Crippen LogP contribution in [0.1, 0.15) is 12.8 Å². The Hall–Kier alpha value is -0.810. The summed E-state index contributed by atoms with van der Waals surface area (Å²) >= 11 is 0. The molecule has 0 radical (unpaired) electrons. The molecule has 5 nitrogen and oxygen atoms in total. The van der Waals surface area contributed by atoms with Crippen molar-refractivity contribution in [1.82, 2.24) is 10.2 Å². The first-order chi connectivity index (χ1) is 6.24. The van der Waals surface area contributed by atoms with Gasteiger partial charge in [-0.1, -0.05) is 0 Å². The summed E-state index contributed by atoms with van der Waals surface area (Å²) in [5, 5.41) is 3.28. The first kappa shape index (κ1) is 10.3. The van der Waals surface area contributed by atoms with Crippen molar-refractivity contribution >= 4 is 6.03 Å². The number of hydrogen-bond acceptors (Lipinski definition) is 3. The molecule has 1 fully saturated rings. The first-order valence-electron chi connectivity index (χ1n) is 4.72. The Labute approximate surface area is 78.4 Å². The summed E-state index contributed by atoms with van der Waals surface area (Å²) in [6.07, 6.45) is 2.12. The molecule has 0 aromatic carbocycles. The van der Waals surface area contributed by atoms with Crippen molar-refractivity contribution in [3.05, 3.63) is 0 Å². The topological polar surface area (TPSA) is 84.4 Å². The van der Waals surface area contributed by atoms with Gasteiger partial charge in [-0.3, -0.25) is 0 Å². The van der Waals surface area contributed by atoms with Gasteiger partial charge >= 0.3 is 6.03 Å². The minimum Gasteiger partial charge on any atom is -0.351 e. The van der Waals surface area contributed by atoms with Crippen LogP contribution in [0.15, 0.2) is 0 Å². The normalized spacial score (nSPS) is 23.2. The van der Waals surface area contributed by atoms with Crippen molar-refractivity contribution in [2.24, 2.45) is 11.5 Å². The van der Waals surface area contributed by atoms with Crippen LogP contribution in [-0.2, 0) is 0 Å². The third-order valence-electron chi connectivity index (χ3n) is 2.31. The van der Waals surface area contributed by atoms with Crippen molar-refractivity contribution < 1.29 is 4.79 Å². The third-order valence-corrected chi connectivity index (χ3v) is 2.31. The number of carbonyl (C=O) groups excluding carboxylic acids is 1. The average molecular weight is 186 g/mol. The standard InChI is InChI=1S/C8H18N4O/c9-3-4-11-7-2-1-5-12(6-7)8(10)13/h7,11H,1-6,9H2,(H2,10,13). The number of carbonyl (C=O) groups is 1. The zero-order valence-corrected chi connectivity index (χ0v) is 7.83. The summed E-state index contributed by atoms with van der Waals surface area (Å²) in [7, 11) is 0. The molecule has 1 heterocycles. The Kier molecular flexibility index (Phi) is 3.98. The fourth-order valence-corrected chi connectivity index (χ4v) is 1.63. The Balaban J connectivity index is 2.29. The number of rotatable bonds is 3. The van der Waals surface area contributed by atoms with Gasteiger partial charge in [0.05, 0.1) is 0 Å². The number of nitrogens with one attached hydrogen (secondary N) is 1. The molecule has 1 aliphatic heterocycles. The monoisotopic (exact) mass is 186 g/mol. The van der Waals surface area contributed by atoms with E-state index in [1.165, 1.54) is 0 Å². The SMILES string of the molecule is NCCNC1CCCN(C(N)=O)C1. The summed E-state index contributed by atoms with van der Waals surface area (Å²) in [5.74, 6) is 0. The maximum absolute atomic E-state index is 10.9. The third kappa shape index (κ3) is 3.20. The van der Waals surface area contributed by atoms with Crippen molar-refractivity contribution in [3.63, 3.8) is 0 Å². The molecule has 5 N–H and O–H groups in total. The Morgan fingerprint density at radius 1 is 1.62 bits per heavy atom. The van der Waals surface area contributed by atoms with Gasteiger partial charge in [0, 0.05) is 32.2 Å². The van der Waals surface area contributed by atoms with Crippen LogP contribution in [0.25, 0.3) is 0 Å². The highest BCUT2D eigenvalue weighted by molar-refractivity contribution is 5.72. The molecule has 0 saturated carbocycles. The van der Waals surface area contributed by atoms with E-state index in [0.29, 0.717) is 12.6 Å².